The van der Waals surface area contributed by atoms with Gasteiger partial charge in [0.2, 0.25) is 0 Å². The standard InChI is InChI=1S/C75H128O6/c1-4-7-10-13-16-19-22-25-28-30-31-32-33-34-35-36-37-38-39-40-41-42-43-45-47-50-53-56-59-62-65-68-74(77)80-71-72(70-79-73(76)67-64-61-58-55-52-49-46-27-24-21-18-15-12-9-6-3)81-75(78)69-66-63-60-57-54-51-48-44-29-26-23-20-17-14-11-8-5-2/h8-9,11-12,17-18,20-21,26-27,29-31,46,48,51-52,55,72H,4-7,10,13-16,19,22-25,28,32-45,47,49-50,53-54,56-71H2,1-3H3/b11-8-,12-9-,20-17-,21-18-,29-26-,31-30-,46-27-,51-48-,55-52-. The van der Waals surface area contributed by atoms with Gasteiger partial charge in [0.15, 0.2) is 6.10 Å². The Kier molecular flexibility index (Phi) is 65.2. The average Bonchev–Trinajstić information content (AvgIpc) is 3.47. The SMILES string of the molecule is CC/C=C\C/C=C\C/C=C\C/C=C\CCCCCCC(=O)OC(COC(=O)CCCC/C=C\C/C=C\C/C=C\C/C=C\CC)COC(=O)CCCCCCCCCCCCCCCCCCCCC/C=C\CCCCCCCCCC. The molecule has 1 atom stereocenters. The molecule has 0 amide bonds. The number of rotatable bonds is 62. The van der Waals surface area contributed by atoms with Gasteiger partial charge < -0.3 is 14.2 Å². The zero-order valence-corrected chi connectivity index (χ0v) is 53.3. The lowest BCUT2D eigenvalue weighted by molar-refractivity contribution is -0.167. The molecule has 0 aliphatic rings. The maximum absolute atomic E-state index is 12.9. The first-order valence-corrected chi connectivity index (χ1v) is 34.4. The molecule has 464 valence electrons. The summed E-state index contributed by atoms with van der Waals surface area (Å²) >= 11 is 0. The monoisotopic (exact) mass is 1120 g/mol. The quantitative estimate of drug-likeness (QED) is 0.0261. The largest absolute Gasteiger partial charge is 0.462 e. The highest BCUT2D eigenvalue weighted by Crippen LogP contribution is 2.17. The summed E-state index contributed by atoms with van der Waals surface area (Å²) in [6.45, 7) is 6.38. The van der Waals surface area contributed by atoms with E-state index in [1.54, 1.807) is 0 Å². The highest BCUT2D eigenvalue weighted by atomic mass is 16.6. The van der Waals surface area contributed by atoms with Crippen LogP contribution in [0.25, 0.3) is 0 Å². The molecule has 6 nitrogen and oxygen atoms in total. The van der Waals surface area contributed by atoms with E-state index >= 15 is 0 Å². The Balaban J connectivity index is 4.26. The summed E-state index contributed by atoms with van der Waals surface area (Å²) in [6.07, 6.45) is 94.2. The minimum atomic E-state index is -0.810. The fourth-order valence-electron chi connectivity index (χ4n) is 9.66. The van der Waals surface area contributed by atoms with Gasteiger partial charge >= 0.3 is 17.9 Å². The van der Waals surface area contributed by atoms with Crippen LogP contribution in [-0.4, -0.2) is 37.2 Å². The molecule has 0 aliphatic carbocycles. The van der Waals surface area contributed by atoms with Crippen LogP contribution in [0.2, 0.25) is 0 Å². The molecule has 0 aromatic rings. The molecule has 0 N–H and O–H groups in total. The van der Waals surface area contributed by atoms with Crippen LogP contribution in [0.15, 0.2) is 109 Å². The maximum Gasteiger partial charge on any atom is 0.306 e. The van der Waals surface area contributed by atoms with E-state index < -0.39 is 6.10 Å². The van der Waals surface area contributed by atoms with Crippen molar-refractivity contribution in [1.82, 2.24) is 0 Å². The minimum absolute atomic E-state index is 0.101. The number of hydrogen-bond acceptors (Lipinski definition) is 6. The molecular weight excluding hydrogens is 997 g/mol. The second kappa shape index (κ2) is 68.6. The summed E-state index contributed by atoms with van der Waals surface area (Å²) in [5.74, 6) is -0.959. The second-order valence-corrected chi connectivity index (χ2v) is 22.7. The van der Waals surface area contributed by atoms with Crippen LogP contribution in [-0.2, 0) is 28.6 Å². The average molecular weight is 1130 g/mol. The third-order valence-corrected chi connectivity index (χ3v) is 14.7. The van der Waals surface area contributed by atoms with Gasteiger partial charge in [-0.1, -0.05) is 297 Å². The third-order valence-electron chi connectivity index (χ3n) is 14.7. The molecule has 0 bridgehead atoms. The van der Waals surface area contributed by atoms with Crippen molar-refractivity contribution in [2.24, 2.45) is 0 Å². The van der Waals surface area contributed by atoms with Gasteiger partial charge in [-0.05, 0) is 122 Å². The molecule has 81 heavy (non-hydrogen) atoms. The number of carbonyl (C=O) groups excluding carboxylic acids is 3. The predicted molar refractivity (Wildman–Crippen MR) is 353 cm³/mol. The van der Waals surface area contributed by atoms with E-state index in [1.165, 1.54) is 167 Å². The van der Waals surface area contributed by atoms with Gasteiger partial charge in [0.25, 0.3) is 0 Å². The molecule has 0 rings (SSSR count). The van der Waals surface area contributed by atoms with E-state index in [4.69, 9.17) is 14.2 Å². The van der Waals surface area contributed by atoms with Crippen LogP contribution < -0.4 is 0 Å². The Labute approximate surface area is 501 Å². The van der Waals surface area contributed by atoms with Crippen LogP contribution in [0.4, 0.5) is 0 Å². The van der Waals surface area contributed by atoms with E-state index in [2.05, 4.69) is 130 Å². The molecule has 0 aliphatic heterocycles. The van der Waals surface area contributed by atoms with E-state index in [1.807, 2.05) is 0 Å². The van der Waals surface area contributed by atoms with Crippen LogP contribution >= 0.6 is 0 Å². The number of ether oxygens (including phenoxy) is 3. The molecular formula is C75H128O6. The van der Waals surface area contributed by atoms with Gasteiger partial charge in [-0.3, -0.25) is 14.4 Å². The summed E-state index contributed by atoms with van der Waals surface area (Å²) in [5.41, 5.74) is 0. The van der Waals surface area contributed by atoms with Crippen molar-refractivity contribution >= 4 is 17.9 Å². The highest BCUT2D eigenvalue weighted by Gasteiger charge is 2.19. The second-order valence-electron chi connectivity index (χ2n) is 22.7. The number of allylic oxidation sites excluding steroid dienone is 18. The first kappa shape index (κ1) is 77.1. The molecule has 1 unspecified atom stereocenters. The number of esters is 3. The molecule has 6 heteroatoms. The normalized spacial score (nSPS) is 12.8. The molecule has 0 radical (unpaired) electrons. The van der Waals surface area contributed by atoms with Gasteiger partial charge in [-0.15, -0.1) is 0 Å². The van der Waals surface area contributed by atoms with Crippen molar-refractivity contribution in [3.05, 3.63) is 109 Å². The van der Waals surface area contributed by atoms with Crippen molar-refractivity contribution in [2.75, 3.05) is 13.2 Å². The molecule has 0 aromatic carbocycles. The number of unbranched alkanes of at least 4 members (excludes halogenated alkanes) is 33. The van der Waals surface area contributed by atoms with Crippen LogP contribution in [0, 0.1) is 0 Å². The topological polar surface area (TPSA) is 78.9 Å². The fourth-order valence-corrected chi connectivity index (χ4v) is 9.66. The Hall–Kier alpha value is -3.93. The van der Waals surface area contributed by atoms with Crippen molar-refractivity contribution in [2.45, 2.75) is 335 Å². The first-order chi connectivity index (χ1) is 40.0. The molecule has 0 fully saturated rings. The summed E-state index contributed by atoms with van der Waals surface area (Å²) < 4.78 is 16.9. The van der Waals surface area contributed by atoms with Crippen molar-refractivity contribution in [3.8, 4) is 0 Å². The van der Waals surface area contributed by atoms with Gasteiger partial charge in [0.1, 0.15) is 13.2 Å². The lowest BCUT2D eigenvalue weighted by Gasteiger charge is -2.18. The zero-order valence-electron chi connectivity index (χ0n) is 53.3. The van der Waals surface area contributed by atoms with Crippen molar-refractivity contribution in [3.63, 3.8) is 0 Å². The van der Waals surface area contributed by atoms with E-state index in [0.29, 0.717) is 12.8 Å². The smallest absolute Gasteiger partial charge is 0.306 e. The lowest BCUT2D eigenvalue weighted by Crippen LogP contribution is -2.30. The Morgan fingerprint density at radius 2 is 0.481 bits per heavy atom. The van der Waals surface area contributed by atoms with Gasteiger partial charge in [-0.2, -0.15) is 0 Å². The Bertz CT molecular complexity index is 1620. The van der Waals surface area contributed by atoms with Crippen LogP contribution in [0.5, 0.6) is 0 Å². The van der Waals surface area contributed by atoms with E-state index in [-0.39, 0.29) is 37.5 Å². The van der Waals surface area contributed by atoms with Gasteiger partial charge in [-0.25, -0.2) is 0 Å². The summed E-state index contributed by atoms with van der Waals surface area (Å²) in [5, 5.41) is 0. The molecule has 0 spiro atoms. The number of hydrogen-bond donors (Lipinski definition) is 0. The maximum atomic E-state index is 12.9. The summed E-state index contributed by atoms with van der Waals surface area (Å²) in [4.78, 5) is 38.3. The summed E-state index contributed by atoms with van der Waals surface area (Å²) in [6, 6.07) is 0. The number of carbonyl (C=O) groups is 3. The predicted octanol–water partition coefficient (Wildman–Crippen LogP) is 23.8. The molecule has 0 aromatic heterocycles. The van der Waals surface area contributed by atoms with Crippen molar-refractivity contribution in [1.29, 1.82) is 0 Å². The Morgan fingerprint density at radius 1 is 0.259 bits per heavy atom. The molecule has 0 heterocycles. The molecule has 0 saturated carbocycles. The fraction of sp³-hybridized carbons (Fsp3) is 0.720. The van der Waals surface area contributed by atoms with Crippen LogP contribution in [0.1, 0.15) is 329 Å². The van der Waals surface area contributed by atoms with E-state index in [9.17, 15) is 14.4 Å². The Morgan fingerprint density at radius 3 is 0.790 bits per heavy atom. The lowest BCUT2D eigenvalue weighted by atomic mass is 10.0. The highest BCUT2D eigenvalue weighted by molar-refractivity contribution is 5.71. The zero-order chi connectivity index (χ0) is 58.5. The molecule has 0 saturated heterocycles. The first-order valence-electron chi connectivity index (χ1n) is 34.4. The summed E-state index contributed by atoms with van der Waals surface area (Å²) in [7, 11) is 0. The van der Waals surface area contributed by atoms with Crippen LogP contribution in [0.3, 0.4) is 0 Å². The van der Waals surface area contributed by atoms with E-state index in [0.717, 1.165) is 122 Å². The van der Waals surface area contributed by atoms with Gasteiger partial charge in [0.05, 0.1) is 0 Å². The van der Waals surface area contributed by atoms with Crippen molar-refractivity contribution < 1.29 is 28.6 Å². The third kappa shape index (κ3) is 66.8. The minimum Gasteiger partial charge on any atom is -0.462 e. The van der Waals surface area contributed by atoms with Gasteiger partial charge in [0, 0.05) is 19.3 Å².